The second kappa shape index (κ2) is 5.87. The molecule has 0 saturated carbocycles. The van der Waals surface area contributed by atoms with Gasteiger partial charge in [0.25, 0.3) is 0 Å². The summed E-state index contributed by atoms with van der Waals surface area (Å²) in [4.78, 5) is 14.5. The molecule has 1 amide bonds. The zero-order valence-electron chi connectivity index (χ0n) is 10.6. The molecule has 0 unspecified atom stereocenters. The third-order valence-corrected chi connectivity index (χ3v) is 2.82. The molecule has 2 aromatic carbocycles. The number of ether oxygens (including phenoxy) is 1. The molecule has 4 nitrogen and oxygen atoms in total. The molecular formula is C15H14N2O2. The first-order chi connectivity index (χ1) is 9.22. The lowest BCUT2D eigenvalue weighted by molar-refractivity contribution is -0.119. The summed E-state index contributed by atoms with van der Waals surface area (Å²) in [5, 5.41) is 4.69. The average molecular weight is 254 g/mol. The number of likely N-dealkylation sites (N-methyl/N-ethyl adjacent to an activating group) is 1. The summed E-state index contributed by atoms with van der Waals surface area (Å²) < 4.78 is 5.26. The Morgan fingerprint density at radius 3 is 2.74 bits per heavy atom. The monoisotopic (exact) mass is 254 g/mol. The summed E-state index contributed by atoms with van der Waals surface area (Å²) in [6.45, 7) is 6.72. The first-order valence-corrected chi connectivity index (χ1v) is 5.92. The van der Waals surface area contributed by atoms with Gasteiger partial charge >= 0.3 is 6.73 Å². The maximum atomic E-state index is 11.3. The third-order valence-electron chi connectivity index (χ3n) is 2.82. The quantitative estimate of drug-likeness (QED) is 0.851. The molecule has 0 heterocycles. The molecule has 0 aliphatic rings. The number of fused-ring (bicyclic) bond motifs is 1. The molecule has 0 aliphatic heterocycles. The van der Waals surface area contributed by atoms with E-state index in [1.807, 2.05) is 36.4 Å². The number of nitrogens with one attached hydrogen (secondary N) is 1. The first kappa shape index (κ1) is 12.9. The van der Waals surface area contributed by atoms with Crippen molar-refractivity contribution < 1.29 is 9.53 Å². The van der Waals surface area contributed by atoms with Crippen LogP contribution in [0.25, 0.3) is 15.6 Å². The lowest BCUT2D eigenvalue weighted by atomic mass is 10.0. The number of amides is 1. The van der Waals surface area contributed by atoms with E-state index in [0.29, 0.717) is 12.2 Å². The summed E-state index contributed by atoms with van der Waals surface area (Å²) in [5.74, 6) is 0.680. The number of hydrogen-bond acceptors (Lipinski definition) is 2. The van der Waals surface area contributed by atoms with E-state index in [1.54, 1.807) is 7.05 Å². The van der Waals surface area contributed by atoms with Crippen LogP contribution in [0.4, 0.5) is 0 Å². The van der Waals surface area contributed by atoms with E-state index in [0.717, 1.165) is 16.3 Å². The van der Waals surface area contributed by atoms with Crippen molar-refractivity contribution in [3.8, 4) is 5.75 Å². The van der Waals surface area contributed by atoms with Gasteiger partial charge in [-0.2, -0.15) is 0 Å². The van der Waals surface area contributed by atoms with Gasteiger partial charge in [-0.1, -0.05) is 24.3 Å². The summed E-state index contributed by atoms with van der Waals surface area (Å²) in [5.41, 5.74) is 0.974. The normalized spacial score (nSPS) is 9.89. The van der Waals surface area contributed by atoms with E-state index in [4.69, 9.17) is 11.3 Å². The van der Waals surface area contributed by atoms with Gasteiger partial charge in [0, 0.05) is 7.05 Å². The van der Waals surface area contributed by atoms with Crippen molar-refractivity contribution in [1.82, 2.24) is 5.32 Å². The molecule has 0 radical (unpaired) electrons. The molecule has 0 spiro atoms. The highest BCUT2D eigenvalue weighted by atomic mass is 16.5. The second-order valence-electron chi connectivity index (χ2n) is 4.12. The molecule has 0 atom stereocenters. The van der Waals surface area contributed by atoms with E-state index in [2.05, 4.69) is 10.2 Å². The molecule has 96 valence electrons. The molecule has 2 aromatic rings. The van der Waals surface area contributed by atoms with Crippen LogP contribution in [0.3, 0.4) is 0 Å². The topological polar surface area (TPSA) is 42.7 Å². The molecule has 0 aliphatic carbocycles. The Labute approximate surface area is 111 Å². The van der Waals surface area contributed by atoms with Crippen molar-refractivity contribution in [2.75, 3.05) is 13.8 Å². The molecule has 0 saturated heterocycles. The van der Waals surface area contributed by atoms with Crippen LogP contribution in [0.5, 0.6) is 5.75 Å². The average Bonchev–Trinajstić information content (AvgIpc) is 2.44. The van der Waals surface area contributed by atoms with Crippen molar-refractivity contribution in [2.45, 2.75) is 6.42 Å². The highest BCUT2D eigenvalue weighted by Crippen LogP contribution is 2.22. The minimum atomic E-state index is -0.00337. The number of benzene rings is 2. The van der Waals surface area contributed by atoms with Crippen molar-refractivity contribution in [1.29, 1.82) is 0 Å². The van der Waals surface area contributed by atoms with Gasteiger partial charge in [-0.05, 0) is 28.5 Å². The van der Waals surface area contributed by atoms with Gasteiger partial charge in [-0.25, -0.2) is 6.57 Å². The van der Waals surface area contributed by atoms with Crippen LogP contribution in [-0.4, -0.2) is 19.7 Å². The third kappa shape index (κ3) is 3.23. The largest absolute Gasteiger partial charge is 0.426 e. The highest BCUT2D eigenvalue weighted by molar-refractivity contribution is 5.86. The molecule has 0 bridgehead atoms. The number of hydrogen-bond donors (Lipinski definition) is 1. The Bertz CT molecular complexity index is 644. The van der Waals surface area contributed by atoms with Gasteiger partial charge in [0.2, 0.25) is 5.91 Å². The van der Waals surface area contributed by atoms with Gasteiger partial charge in [0.1, 0.15) is 5.75 Å². The number of nitrogens with zero attached hydrogens (tertiary/aromatic N) is 1. The van der Waals surface area contributed by atoms with Crippen molar-refractivity contribution in [2.24, 2.45) is 0 Å². The fraction of sp³-hybridized carbons (Fsp3) is 0.200. The molecular weight excluding hydrogens is 240 g/mol. The minimum Gasteiger partial charge on any atom is -0.426 e. The van der Waals surface area contributed by atoms with Gasteiger partial charge < -0.3 is 10.1 Å². The standard InChI is InChI=1S/C15H14N2O2/c1-16-10-19-14-6-5-12-7-11(8-15(18)17-2)3-4-13(12)9-14/h3-7,9H,8,10H2,2H3,(H,17,18). The zero-order valence-corrected chi connectivity index (χ0v) is 10.6. The van der Waals surface area contributed by atoms with E-state index >= 15 is 0 Å². The van der Waals surface area contributed by atoms with Gasteiger partial charge in [-0.15, -0.1) is 0 Å². The summed E-state index contributed by atoms with van der Waals surface area (Å²) in [7, 11) is 1.63. The predicted molar refractivity (Wildman–Crippen MR) is 73.8 cm³/mol. The molecule has 0 aromatic heterocycles. The highest BCUT2D eigenvalue weighted by Gasteiger charge is 2.03. The Balaban J connectivity index is 2.25. The van der Waals surface area contributed by atoms with E-state index in [9.17, 15) is 4.79 Å². The van der Waals surface area contributed by atoms with Crippen LogP contribution in [0, 0.1) is 6.57 Å². The summed E-state index contributed by atoms with van der Waals surface area (Å²) in [6, 6.07) is 11.5. The zero-order chi connectivity index (χ0) is 13.7. The molecule has 4 heteroatoms. The fourth-order valence-corrected chi connectivity index (χ4v) is 1.85. The lowest BCUT2D eigenvalue weighted by Gasteiger charge is -2.05. The van der Waals surface area contributed by atoms with Crippen LogP contribution < -0.4 is 10.1 Å². The Hall–Kier alpha value is -2.54. The lowest BCUT2D eigenvalue weighted by Crippen LogP contribution is -2.19. The van der Waals surface area contributed by atoms with E-state index < -0.39 is 0 Å². The van der Waals surface area contributed by atoms with Gasteiger partial charge in [0.15, 0.2) is 0 Å². The Morgan fingerprint density at radius 1 is 1.26 bits per heavy atom. The molecule has 0 fully saturated rings. The van der Waals surface area contributed by atoms with Crippen LogP contribution in [0.2, 0.25) is 0 Å². The van der Waals surface area contributed by atoms with Crippen LogP contribution in [0.15, 0.2) is 36.4 Å². The number of rotatable bonds is 4. The SMILES string of the molecule is [C-]#[N+]COc1ccc2cc(CC(=O)NC)ccc2c1. The maximum Gasteiger partial charge on any atom is 0.357 e. The summed E-state index contributed by atoms with van der Waals surface area (Å²) >= 11 is 0. The maximum absolute atomic E-state index is 11.3. The van der Waals surface area contributed by atoms with Crippen molar-refractivity contribution in [3.63, 3.8) is 0 Å². The predicted octanol–water partition coefficient (Wildman–Crippen LogP) is 2.38. The molecule has 1 N–H and O–H groups in total. The first-order valence-electron chi connectivity index (χ1n) is 5.92. The number of carbonyl (C=O) groups excluding carboxylic acids is 1. The second-order valence-corrected chi connectivity index (χ2v) is 4.12. The van der Waals surface area contributed by atoms with Gasteiger partial charge in [-0.3, -0.25) is 9.64 Å². The molecule has 2 rings (SSSR count). The summed E-state index contributed by atoms with van der Waals surface area (Å²) in [6.07, 6.45) is 0.377. The van der Waals surface area contributed by atoms with Crippen molar-refractivity contribution >= 4 is 16.7 Å². The van der Waals surface area contributed by atoms with Crippen LogP contribution in [-0.2, 0) is 11.2 Å². The van der Waals surface area contributed by atoms with Crippen LogP contribution in [0.1, 0.15) is 5.56 Å². The number of carbonyl (C=O) groups is 1. The van der Waals surface area contributed by atoms with Gasteiger partial charge in [0.05, 0.1) is 6.42 Å². The van der Waals surface area contributed by atoms with Crippen LogP contribution >= 0.6 is 0 Å². The molecule has 19 heavy (non-hydrogen) atoms. The fourth-order valence-electron chi connectivity index (χ4n) is 1.85. The van der Waals surface area contributed by atoms with Crippen molar-refractivity contribution in [3.05, 3.63) is 53.4 Å². The smallest absolute Gasteiger partial charge is 0.357 e. The Kier molecular flexibility index (Phi) is 3.99. The minimum absolute atomic E-state index is 0.00337. The van der Waals surface area contributed by atoms with E-state index in [-0.39, 0.29) is 12.6 Å². The Morgan fingerprint density at radius 2 is 2.00 bits per heavy atom. The van der Waals surface area contributed by atoms with E-state index in [1.165, 1.54) is 0 Å².